The van der Waals surface area contributed by atoms with Crippen LogP contribution in [0.15, 0.2) is 9.00 Å². The van der Waals surface area contributed by atoms with Crippen molar-refractivity contribution in [1.82, 2.24) is 5.16 Å². The number of sulfone groups is 1. The smallest absolute Gasteiger partial charge is 0.181 e. The summed E-state index contributed by atoms with van der Waals surface area (Å²) in [6.45, 7) is 0. The molecule has 0 spiro atoms. The Labute approximate surface area is 78.0 Å². The monoisotopic (exact) mass is 254 g/mol. The zero-order valence-corrected chi connectivity index (χ0v) is 8.65. The van der Waals surface area contributed by atoms with Gasteiger partial charge in [0.15, 0.2) is 21.4 Å². The first kappa shape index (κ1) is 9.53. The SMILES string of the molecule is CS(=O)(=O)Cc1onc(N)c1Br. The van der Waals surface area contributed by atoms with Gasteiger partial charge in [0.2, 0.25) is 0 Å². The molecule has 0 fully saturated rings. The number of aromatic nitrogens is 1. The molecule has 0 aliphatic heterocycles. The highest BCUT2D eigenvalue weighted by Crippen LogP contribution is 2.24. The largest absolute Gasteiger partial charge is 0.380 e. The number of rotatable bonds is 2. The number of anilines is 1. The molecule has 0 aliphatic rings. The molecule has 12 heavy (non-hydrogen) atoms. The highest BCUT2D eigenvalue weighted by molar-refractivity contribution is 9.10. The summed E-state index contributed by atoms with van der Waals surface area (Å²) in [5.74, 6) is 0.196. The highest BCUT2D eigenvalue weighted by Gasteiger charge is 2.15. The molecule has 0 bridgehead atoms. The molecule has 1 aromatic heterocycles. The van der Waals surface area contributed by atoms with Crippen LogP contribution in [0.2, 0.25) is 0 Å². The van der Waals surface area contributed by atoms with Crippen LogP contribution >= 0.6 is 15.9 Å². The van der Waals surface area contributed by atoms with E-state index in [-0.39, 0.29) is 17.3 Å². The molecule has 1 rings (SSSR count). The van der Waals surface area contributed by atoms with Gasteiger partial charge in [-0.15, -0.1) is 0 Å². The molecule has 5 nitrogen and oxygen atoms in total. The highest BCUT2D eigenvalue weighted by atomic mass is 79.9. The van der Waals surface area contributed by atoms with E-state index in [0.29, 0.717) is 4.47 Å². The molecule has 0 saturated heterocycles. The van der Waals surface area contributed by atoms with E-state index in [2.05, 4.69) is 25.6 Å². The van der Waals surface area contributed by atoms with Gasteiger partial charge in [0.05, 0.1) is 0 Å². The average Bonchev–Trinajstić information content (AvgIpc) is 2.16. The van der Waals surface area contributed by atoms with E-state index in [0.717, 1.165) is 6.26 Å². The van der Waals surface area contributed by atoms with Crippen LogP contribution < -0.4 is 5.73 Å². The lowest BCUT2D eigenvalue weighted by Gasteiger charge is -1.92. The minimum absolute atomic E-state index is 0.161. The maximum absolute atomic E-state index is 10.8. The third-order valence-corrected chi connectivity index (χ3v) is 2.75. The van der Waals surface area contributed by atoms with Gasteiger partial charge in [0.1, 0.15) is 10.2 Å². The summed E-state index contributed by atoms with van der Waals surface area (Å²) in [4.78, 5) is 0. The number of hydrogen-bond donors (Lipinski definition) is 1. The van der Waals surface area contributed by atoms with Gasteiger partial charge in [-0.3, -0.25) is 0 Å². The molecule has 0 amide bonds. The van der Waals surface area contributed by atoms with Crippen LogP contribution in [0.5, 0.6) is 0 Å². The lowest BCUT2D eigenvalue weighted by Crippen LogP contribution is -2.00. The molecule has 1 aromatic rings. The molecular weight excluding hydrogens is 248 g/mol. The van der Waals surface area contributed by atoms with Gasteiger partial charge in [-0.25, -0.2) is 8.42 Å². The van der Waals surface area contributed by atoms with Gasteiger partial charge in [-0.2, -0.15) is 0 Å². The molecule has 0 atom stereocenters. The Bertz CT molecular complexity index is 383. The van der Waals surface area contributed by atoms with Gasteiger partial charge in [-0.05, 0) is 15.9 Å². The van der Waals surface area contributed by atoms with Gasteiger partial charge >= 0.3 is 0 Å². The summed E-state index contributed by atoms with van der Waals surface area (Å²) in [7, 11) is -3.11. The quantitative estimate of drug-likeness (QED) is 0.834. The number of nitrogens with two attached hydrogens (primary N) is 1. The van der Waals surface area contributed by atoms with Crippen molar-refractivity contribution in [2.45, 2.75) is 5.75 Å². The average molecular weight is 255 g/mol. The Balaban J connectivity index is 2.99. The summed E-state index contributed by atoms with van der Waals surface area (Å²) in [5.41, 5.74) is 5.31. The van der Waals surface area contributed by atoms with Gasteiger partial charge in [0, 0.05) is 6.26 Å². The first-order valence-electron chi connectivity index (χ1n) is 2.97. The second-order valence-corrected chi connectivity index (χ2v) is 5.31. The Morgan fingerprint density at radius 3 is 2.58 bits per heavy atom. The number of halogens is 1. The summed E-state index contributed by atoms with van der Waals surface area (Å²) in [6, 6.07) is 0. The Kier molecular flexibility index (Phi) is 2.43. The van der Waals surface area contributed by atoms with Crippen molar-refractivity contribution < 1.29 is 12.9 Å². The molecular formula is C5H7BrN2O3S. The van der Waals surface area contributed by atoms with Crippen LogP contribution in [0.3, 0.4) is 0 Å². The molecule has 7 heteroatoms. The van der Waals surface area contributed by atoms with Gasteiger partial charge < -0.3 is 10.3 Å². The summed E-state index contributed by atoms with van der Waals surface area (Å²) in [5, 5.41) is 3.39. The van der Waals surface area contributed by atoms with Crippen molar-refractivity contribution >= 4 is 31.6 Å². The number of hydrogen-bond acceptors (Lipinski definition) is 5. The van der Waals surface area contributed by atoms with Crippen LogP contribution in [0.25, 0.3) is 0 Å². The van der Waals surface area contributed by atoms with E-state index in [9.17, 15) is 8.42 Å². The fraction of sp³-hybridized carbons (Fsp3) is 0.400. The third-order valence-electron chi connectivity index (χ3n) is 1.12. The lowest BCUT2D eigenvalue weighted by atomic mass is 10.5. The molecule has 0 radical (unpaired) electrons. The van der Waals surface area contributed by atoms with Gasteiger partial charge in [0.25, 0.3) is 0 Å². The first-order chi connectivity index (χ1) is 5.40. The Hall–Kier alpha value is -0.560. The molecule has 1 heterocycles. The number of nitrogens with zero attached hydrogens (tertiary/aromatic N) is 1. The van der Waals surface area contributed by atoms with E-state index in [1.807, 2.05) is 0 Å². The lowest BCUT2D eigenvalue weighted by molar-refractivity contribution is 0.395. The number of nitrogen functional groups attached to an aromatic ring is 1. The summed E-state index contributed by atoms with van der Waals surface area (Å²) in [6.07, 6.45) is 1.11. The maximum Gasteiger partial charge on any atom is 0.181 e. The van der Waals surface area contributed by atoms with E-state index in [4.69, 9.17) is 5.73 Å². The minimum atomic E-state index is -3.11. The van der Waals surface area contributed by atoms with Crippen molar-refractivity contribution in [1.29, 1.82) is 0 Å². The van der Waals surface area contributed by atoms with Crippen LogP contribution in [0.4, 0.5) is 5.82 Å². The van der Waals surface area contributed by atoms with Crippen molar-refractivity contribution in [3.63, 3.8) is 0 Å². The molecule has 0 aromatic carbocycles. The van der Waals surface area contributed by atoms with E-state index in [1.165, 1.54) is 0 Å². The third kappa shape index (κ3) is 2.21. The Morgan fingerprint density at radius 2 is 2.25 bits per heavy atom. The molecule has 68 valence electrons. The maximum atomic E-state index is 10.8. The normalized spacial score (nSPS) is 11.8. The molecule has 0 unspecified atom stereocenters. The van der Waals surface area contributed by atoms with Crippen molar-refractivity contribution in [3.05, 3.63) is 10.2 Å². The molecule has 2 N–H and O–H groups in total. The minimum Gasteiger partial charge on any atom is -0.380 e. The first-order valence-corrected chi connectivity index (χ1v) is 5.83. The van der Waals surface area contributed by atoms with E-state index >= 15 is 0 Å². The van der Waals surface area contributed by atoms with Crippen LogP contribution in [0, 0.1) is 0 Å². The van der Waals surface area contributed by atoms with E-state index in [1.54, 1.807) is 0 Å². The fourth-order valence-electron chi connectivity index (χ4n) is 0.655. The molecule has 0 aliphatic carbocycles. The van der Waals surface area contributed by atoms with Crippen molar-refractivity contribution in [3.8, 4) is 0 Å². The Morgan fingerprint density at radius 1 is 1.67 bits per heavy atom. The second kappa shape index (κ2) is 3.06. The van der Waals surface area contributed by atoms with E-state index < -0.39 is 9.84 Å². The zero-order valence-electron chi connectivity index (χ0n) is 6.24. The van der Waals surface area contributed by atoms with Crippen molar-refractivity contribution in [2.75, 3.05) is 12.0 Å². The topological polar surface area (TPSA) is 86.2 Å². The summed E-state index contributed by atoms with van der Waals surface area (Å²) >= 11 is 3.06. The van der Waals surface area contributed by atoms with Crippen LogP contribution in [-0.2, 0) is 15.6 Å². The van der Waals surface area contributed by atoms with Gasteiger partial charge in [-0.1, -0.05) is 5.16 Å². The molecule has 0 saturated carbocycles. The van der Waals surface area contributed by atoms with Crippen molar-refractivity contribution in [2.24, 2.45) is 0 Å². The van der Waals surface area contributed by atoms with Crippen LogP contribution in [0.1, 0.15) is 5.76 Å². The second-order valence-electron chi connectivity index (χ2n) is 2.38. The predicted octanol–water partition coefficient (Wildman–Crippen LogP) is 0.564. The summed E-state index contributed by atoms with van der Waals surface area (Å²) < 4.78 is 26.7. The van der Waals surface area contributed by atoms with Crippen LogP contribution in [-0.4, -0.2) is 19.8 Å². The predicted molar refractivity (Wildman–Crippen MR) is 47.2 cm³/mol. The zero-order chi connectivity index (χ0) is 9.35. The standard InChI is InChI=1S/C5H7BrN2O3S/c1-12(9,10)2-3-4(6)5(7)8-11-3/h2H2,1H3,(H2,7,8). The fourth-order valence-corrected chi connectivity index (χ4v) is 1.80.